The molecular weight excluding hydrogens is 258 g/mol. The first-order valence-corrected chi connectivity index (χ1v) is 6.99. The van der Waals surface area contributed by atoms with Crippen molar-refractivity contribution in [2.75, 3.05) is 18.9 Å². The maximum absolute atomic E-state index is 11.9. The van der Waals surface area contributed by atoms with Crippen LogP contribution >= 0.6 is 0 Å². The Bertz CT molecular complexity index is 492. The zero-order valence-electron chi connectivity index (χ0n) is 11.7. The molecule has 0 spiro atoms. The van der Waals surface area contributed by atoms with Gasteiger partial charge in [-0.2, -0.15) is 0 Å². The summed E-state index contributed by atoms with van der Waals surface area (Å²) in [6.07, 6.45) is 4.93. The fourth-order valence-electron chi connectivity index (χ4n) is 1.97. The van der Waals surface area contributed by atoms with Gasteiger partial charge >= 0.3 is 5.97 Å². The van der Waals surface area contributed by atoms with Gasteiger partial charge in [-0.25, -0.2) is 4.79 Å². The second-order valence-electron chi connectivity index (χ2n) is 5.18. The Labute approximate surface area is 118 Å². The molecule has 6 nitrogen and oxygen atoms in total. The lowest BCUT2D eigenvalue weighted by atomic mass is 10.4. The van der Waals surface area contributed by atoms with E-state index < -0.39 is 5.97 Å². The summed E-state index contributed by atoms with van der Waals surface area (Å²) in [7, 11) is 0. The highest BCUT2D eigenvalue weighted by Crippen LogP contribution is 2.27. The molecule has 2 rings (SSSR count). The minimum absolute atomic E-state index is 0.247. The van der Waals surface area contributed by atoms with Crippen molar-refractivity contribution in [3.8, 4) is 0 Å². The molecule has 20 heavy (non-hydrogen) atoms. The molecule has 0 aliphatic heterocycles. The fraction of sp³-hybridized carbons (Fsp3) is 0.571. The highest BCUT2D eigenvalue weighted by molar-refractivity contribution is 5.91. The van der Waals surface area contributed by atoms with Crippen molar-refractivity contribution in [3.05, 3.63) is 18.0 Å². The molecule has 0 radical (unpaired) electrons. The van der Waals surface area contributed by atoms with E-state index in [0.29, 0.717) is 30.4 Å². The van der Waals surface area contributed by atoms with E-state index in [4.69, 9.17) is 10.5 Å². The van der Waals surface area contributed by atoms with Crippen molar-refractivity contribution in [2.24, 2.45) is 5.92 Å². The Morgan fingerprint density at radius 1 is 1.50 bits per heavy atom. The zero-order chi connectivity index (χ0) is 14.5. The lowest BCUT2D eigenvalue weighted by molar-refractivity contribution is -0.124. The normalized spacial score (nSPS) is 14.1. The largest absolute Gasteiger partial charge is 0.451 e. The van der Waals surface area contributed by atoms with Crippen LogP contribution in [0.15, 0.2) is 12.3 Å². The van der Waals surface area contributed by atoms with E-state index in [1.165, 1.54) is 12.8 Å². The summed E-state index contributed by atoms with van der Waals surface area (Å²) in [6.45, 7) is 3.13. The average Bonchev–Trinajstić information content (AvgIpc) is 3.17. The molecule has 6 heteroatoms. The summed E-state index contributed by atoms with van der Waals surface area (Å²) in [5, 5.41) is 2.75. The van der Waals surface area contributed by atoms with Crippen molar-refractivity contribution in [1.82, 2.24) is 9.88 Å². The fourth-order valence-corrected chi connectivity index (χ4v) is 1.97. The molecule has 1 fully saturated rings. The number of nitrogens with one attached hydrogen (secondary N) is 1. The molecule has 1 aromatic rings. The third kappa shape index (κ3) is 4.01. The monoisotopic (exact) mass is 279 g/mol. The first-order chi connectivity index (χ1) is 9.60. The molecule has 110 valence electrons. The minimum atomic E-state index is -0.517. The number of ether oxygens (including phenoxy) is 1. The Hall–Kier alpha value is -1.98. The molecule has 1 saturated carbocycles. The van der Waals surface area contributed by atoms with Gasteiger partial charge in [-0.15, -0.1) is 0 Å². The van der Waals surface area contributed by atoms with Crippen LogP contribution in [-0.4, -0.2) is 29.6 Å². The van der Waals surface area contributed by atoms with Crippen molar-refractivity contribution in [3.63, 3.8) is 0 Å². The maximum atomic E-state index is 11.9. The van der Waals surface area contributed by atoms with Crippen LogP contribution < -0.4 is 11.1 Å². The molecule has 1 aromatic heterocycles. The third-order valence-electron chi connectivity index (χ3n) is 3.21. The van der Waals surface area contributed by atoms with Crippen LogP contribution in [0, 0.1) is 5.92 Å². The van der Waals surface area contributed by atoms with Crippen LogP contribution in [-0.2, 0) is 16.1 Å². The first kappa shape index (κ1) is 14.4. The van der Waals surface area contributed by atoms with Gasteiger partial charge in [-0.1, -0.05) is 6.92 Å². The molecule has 1 aliphatic rings. The number of hydrogen-bond donors (Lipinski definition) is 2. The zero-order valence-corrected chi connectivity index (χ0v) is 11.7. The second kappa shape index (κ2) is 6.45. The quantitative estimate of drug-likeness (QED) is 0.733. The van der Waals surface area contributed by atoms with Crippen LogP contribution in [0.3, 0.4) is 0 Å². The van der Waals surface area contributed by atoms with Gasteiger partial charge in [0, 0.05) is 19.3 Å². The predicted molar refractivity (Wildman–Crippen MR) is 75.2 cm³/mol. The Kier molecular flexibility index (Phi) is 4.65. The van der Waals surface area contributed by atoms with Crippen LogP contribution in [0.5, 0.6) is 0 Å². The van der Waals surface area contributed by atoms with Gasteiger partial charge in [-0.3, -0.25) is 4.79 Å². The van der Waals surface area contributed by atoms with Crippen molar-refractivity contribution >= 4 is 17.6 Å². The number of hydrogen-bond acceptors (Lipinski definition) is 4. The van der Waals surface area contributed by atoms with Gasteiger partial charge in [0.1, 0.15) is 5.69 Å². The predicted octanol–water partition coefficient (Wildman–Crippen LogP) is 1.16. The summed E-state index contributed by atoms with van der Waals surface area (Å²) in [5.74, 6) is -0.167. The minimum Gasteiger partial charge on any atom is -0.451 e. The molecule has 1 aliphatic carbocycles. The van der Waals surface area contributed by atoms with Crippen molar-refractivity contribution in [2.45, 2.75) is 32.7 Å². The van der Waals surface area contributed by atoms with E-state index in [-0.39, 0.29) is 12.5 Å². The summed E-state index contributed by atoms with van der Waals surface area (Å²) in [5.41, 5.74) is 6.59. The molecule has 0 atom stereocenters. The molecule has 0 unspecified atom stereocenters. The molecule has 1 heterocycles. The van der Waals surface area contributed by atoms with Crippen molar-refractivity contribution < 1.29 is 14.3 Å². The Morgan fingerprint density at radius 3 is 2.90 bits per heavy atom. The van der Waals surface area contributed by atoms with Gasteiger partial charge < -0.3 is 20.4 Å². The number of nitrogen functional groups attached to an aromatic ring is 1. The van der Waals surface area contributed by atoms with Crippen LogP contribution in [0.1, 0.15) is 36.7 Å². The molecular formula is C14H21N3O3. The first-order valence-electron chi connectivity index (χ1n) is 6.99. The van der Waals surface area contributed by atoms with Crippen LogP contribution in [0.2, 0.25) is 0 Å². The summed E-state index contributed by atoms with van der Waals surface area (Å²) in [6, 6.07) is 1.57. The van der Waals surface area contributed by atoms with E-state index >= 15 is 0 Å². The molecule has 0 aromatic carbocycles. The van der Waals surface area contributed by atoms with Gasteiger partial charge in [0.2, 0.25) is 0 Å². The average molecular weight is 279 g/mol. The number of amides is 1. The number of rotatable bonds is 7. The SMILES string of the molecule is CCCn1cc(N)cc1C(=O)OCC(=O)NCC1CC1. The number of nitrogens with zero attached hydrogens (tertiary/aromatic N) is 1. The maximum Gasteiger partial charge on any atom is 0.355 e. The number of aryl methyl sites for hydroxylation is 1. The second-order valence-corrected chi connectivity index (χ2v) is 5.18. The van der Waals surface area contributed by atoms with E-state index in [1.54, 1.807) is 16.8 Å². The third-order valence-corrected chi connectivity index (χ3v) is 3.21. The number of carbonyl (C=O) groups excluding carboxylic acids is 2. The van der Waals surface area contributed by atoms with E-state index in [0.717, 1.165) is 6.42 Å². The topological polar surface area (TPSA) is 86.3 Å². The van der Waals surface area contributed by atoms with E-state index in [2.05, 4.69) is 5.32 Å². The number of esters is 1. The van der Waals surface area contributed by atoms with Gasteiger partial charge in [0.25, 0.3) is 5.91 Å². The highest BCUT2D eigenvalue weighted by atomic mass is 16.5. The number of aromatic nitrogens is 1. The van der Waals surface area contributed by atoms with Crippen LogP contribution in [0.25, 0.3) is 0 Å². The molecule has 1 amide bonds. The van der Waals surface area contributed by atoms with Crippen molar-refractivity contribution in [1.29, 1.82) is 0 Å². The number of carbonyl (C=O) groups is 2. The lowest BCUT2D eigenvalue weighted by Gasteiger charge is -2.08. The van der Waals surface area contributed by atoms with E-state index in [1.807, 2.05) is 6.92 Å². The summed E-state index contributed by atoms with van der Waals surface area (Å²) in [4.78, 5) is 23.4. The molecule has 0 saturated heterocycles. The van der Waals surface area contributed by atoms with Gasteiger partial charge in [0.15, 0.2) is 6.61 Å². The lowest BCUT2D eigenvalue weighted by Crippen LogP contribution is -2.30. The Morgan fingerprint density at radius 2 is 2.25 bits per heavy atom. The highest BCUT2D eigenvalue weighted by Gasteiger charge is 2.22. The molecule has 0 bridgehead atoms. The smallest absolute Gasteiger partial charge is 0.355 e. The molecule has 3 N–H and O–H groups in total. The van der Waals surface area contributed by atoms with Gasteiger partial charge in [-0.05, 0) is 31.2 Å². The standard InChI is InChI=1S/C14H21N3O3/c1-2-5-17-8-11(15)6-12(17)14(19)20-9-13(18)16-7-10-3-4-10/h6,8,10H,2-5,7,9,15H2,1H3,(H,16,18). The van der Waals surface area contributed by atoms with Gasteiger partial charge in [0.05, 0.1) is 5.69 Å². The number of anilines is 1. The van der Waals surface area contributed by atoms with E-state index in [9.17, 15) is 9.59 Å². The summed E-state index contributed by atoms with van der Waals surface area (Å²) >= 11 is 0. The van der Waals surface area contributed by atoms with Crippen LogP contribution in [0.4, 0.5) is 5.69 Å². The summed E-state index contributed by atoms with van der Waals surface area (Å²) < 4.78 is 6.77. The number of nitrogens with two attached hydrogens (primary N) is 1. The Balaban J connectivity index is 1.82.